The van der Waals surface area contributed by atoms with Crippen molar-refractivity contribution in [2.24, 2.45) is 0 Å². The molecule has 1 aromatic carbocycles. The van der Waals surface area contributed by atoms with Crippen LogP contribution in [0.25, 0.3) is 0 Å². The van der Waals surface area contributed by atoms with Crippen LogP contribution >= 0.6 is 0 Å². The zero-order valence-electron chi connectivity index (χ0n) is 13.2. The molecule has 0 aromatic heterocycles. The van der Waals surface area contributed by atoms with Gasteiger partial charge in [-0.3, -0.25) is 0 Å². The minimum absolute atomic E-state index is 0.0985. The molecule has 21 heavy (non-hydrogen) atoms. The summed E-state index contributed by atoms with van der Waals surface area (Å²) < 4.78 is 10.7. The lowest BCUT2D eigenvalue weighted by atomic mass is 10.0. The number of piperazine rings is 1. The number of nitrogens with zero attached hydrogens (tertiary/aromatic N) is 1. The maximum atomic E-state index is 12.2. The number of carbonyl (C=O) groups is 1. The van der Waals surface area contributed by atoms with E-state index < -0.39 is 5.60 Å². The van der Waals surface area contributed by atoms with Crippen LogP contribution in [-0.4, -0.2) is 43.3 Å². The third-order valence-corrected chi connectivity index (χ3v) is 3.32. The summed E-state index contributed by atoms with van der Waals surface area (Å²) >= 11 is 0. The lowest BCUT2D eigenvalue weighted by molar-refractivity contribution is 0.0195. The topological polar surface area (TPSA) is 50.8 Å². The van der Waals surface area contributed by atoms with E-state index in [2.05, 4.69) is 5.32 Å². The highest BCUT2D eigenvalue weighted by Crippen LogP contribution is 2.22. The van der Waals surface area contributed by atoms with Crippen molar-refractivity contribution < 1.29 is 14.3 Å². The number of benzene rings is 1. The number of amides is 1. The lowest BCUT2D eigenvalue weighted by Crippen LogP contribution is -2.49. The Labute approximate surface area is 126 Å². The van der Waals surface area contributed by atoms with Gasteiger partial charge in [-0.1, -0.05) is 12.1 Å². The fourth-order valence-electron chi connectivity index (χ4n) is 2.32. The molecule has 0 radical (unpaired) electrons. The fraction of sp³-hybridized carbons (Fsp3) is 0.562. The summed E-state index contributed by atoms with van der Waals surface area (Å²) in [6.45, 7) is 7.66. The molecule has 0 saturated carbocycles. The molecule has 5 nitrogen and oxygen atoms in total. The van der Waals surface area contributed by atoms with Gasteiger partial charge in [-0.05, 0) is 38.5 Å². The standard InChI is InChI=1S/C16H24N2O3/c1-16(2,3)21-15(19)18-9-8-17-14(11-18)12-6-5-7-13(10-12)20-4/h5-7,10,14,17H,8-9,11H2,1-4H3/t14-/m0/s1. The average Bonchev–Trinajstić information content (AvgIpc) is 2.46. The zero-order valence-corrected chi connectivity index (χ0v) is 13.2. The van der Waals surface area contributed by atoms with E-state index in [4.69, 9.17) is 9.47 Å². The second-order valence-electron chi connectivity index (χ2n) is 6.21. The molecule has 0 unspecified atom stereocenters. The van der Waals surface area contributed by atoms with Crippen molar-refractivity contribution in [3.63, 3.8) is 0 Å². The summed E-state index contributed by atoms with van der Waals surface area (Å²) in [6.07, 6.45) is -0.253. The van der Waals surface area contributed by atoms with Crippen molar-refractivity contribution in [2.45, 2.75) is 32.4 Å². The molecule has 0 aliphatic carbocycles. The fourth-order valence-corrected chi connectivity index (χ4v) is 2.32. The number of rotatable bonds is 2. The van der Waals surface area contributed by atoms with Crippen LogP contribution in [0.1, 0.15) is 32.4 Å². The molecule has 5 heteroatoms. The van der Waals surface area contributed by atoms with E-state index in [1.54, 1.807) is 12.0 Å². The Morgan fingerprint density at radius 3 is 2.81 bits per heavy atom. The normalized spacial score (nSPS) is 19.2. The van der Waals surface area contributed by atoms with E-state index in [1.165, 1.54) is 0 Å². The largest absolute Gasteiger partial charge is 0.497 e. The van der Waals surface area contributed by atoms with E-state index in [1.807, 2.05) is 45.0 Å². The van der Waals surface area contributed by atoms with Gasteiger partial charge in [0.25, 0.3) is 0 Å². The van der Waals surface area contributed by atoms with Gasteiger partial charge >= 0.3 is 6.09 Å². The monoisotopic (exact) mass is 292 g/mol. The van der Waals surface area contributed by atoms with Crippen molar-refractivity contribution in [3.05, 3.63) is 29.8 Å². The summed E-state index contributed by atoms with van der Waals surface area (Å²) in [7, 11) is 1.65. The number of hydrogen-bond acceptors (Lipinski definition) is 4. The van der Waals surface area contributed by atoms with Gasteiger partial charge in [0.1, 0.15) is 11.4 Å². The number of hydrogen-bond donors (Lipinski definition) is 1. The molecule has 0 bridgehead atoms. The molecule has 1 heterocycles. The third-order valence-electron chi connectivity index (χ3n) is 3.32. The molecular formula is C16H24N2O3. The Balaban J connectivity index is 2.04. The van der Waals surface area contributed by atoms with Crippen LogP contribution in [0.2, 0.25) is 0 Å². The van der Waals surface area contributed by atoms with Crippen molar-refractivity contribution in [2.75, 3.05) is 26.7 Å². The number of ether oxygens (including phenoxy) is 2. The van der Waals surface area contributed by atoms with Crippen LogP contribution in [0.4, 0.5) is 4.79 Å². The lowest BCUT2D eigenvalue weighted by Gasteiger charge is -2.35. The summed E-state index contributed by atoms with van der Waals surface area (Å²) in [5, 5.41) is 3.43. The molecule has 116 valence electrons. The summed E-state index contributed by atoms with van der Waals surface area (Å²) in [5.41, 5.74) is 0.649. The Morgan fingerprint density at radius 1 is 1.38 bits per heavy atom. The van der Waals surface area contributed by atoms with Crippen molar-refractivity contribution in [1.82, 2.24) is 10.2 Å². The quantitative estimate of drug-likeness (QED) is 0.910. The molecule has 1 aliphatic rings. The average molecular weight is 292 g/mol. The molecular weight excluding hydrogens is 268 g/mol. The van der Waals surface area contributed by atoms with Crippen LogP contribution in [0.3, 0.4) is 0 Å². The van der Waals surface area contributed by atoms with Crippen molar-refractivity contribution >= 4 is 6.09 Å². The van der Waals surface area contributed by atoms with Crippen molar-refractivity contribution in [1.29, 1.82) is 0 Å². The van der Waals surface area contributed by atoms with E-state index in [9.17, 15) is 4.79 Å². The highest BCUT2D eigenvalue weighted by molar-refractivity contribution is 5.68. The van der Waals surface area contributed by atoms with Gasteiger partial charge in [-0.2, -0.15) is 0 Å². The third kappa shape index (κ3) is 4.36. The molecule has 1 aromatic rings. The molecule has 1 aliphatic heterocycles. The van der Waals surface area contributed by atoms with E-state index in [0.717, 1.165) is 17.9 Å². The van der Waals surface area contributed by atoms with Gasteiger partial charge in [0.2, 0.25) is 0 Å². The van der Waals surface area contributed by atoms with Crippen LogP contribution in [-0.2, 0) is 4.74 Å². The summed E-state index contributed by atoms with van der Waals surface area (Å²) in [5.74, 6) is 0.823. The Kier molecular flexibility index (Phi) is 4.73. The van der Waals surface area contributed by atoms with Crippen LogP contribution in [0, 0.1) is 0 Å². The zero-order chi connectivity index (χ0) is 15.5. The van der Waals surface area contributed by atoms with Gasteiger partial charge in [-0.25, -0.2) is 4.79 Å². The minimum atomic E-state index is -0.465. The van der Waals surface area contributed by atoms with Crippen molar-refractivity contribution in [3.8, 4) is 5.75 Å². The van der Waals surface area contributed by atoms with Gasteiger partial charge in [0.05, 0.1) is 13.2 Å². The van der Waals surface area contributed by atoms with Gasteiger partial charge < -0.3 is 19.7 Å². The highest BCUT2D eigenvalue weighted by Gasteiger charge is 2.28. The van der Waals surface area contributed by atoms with Crippen LogP contribution < -0.4 is 10.1 Å². The second-order valence-corrected chi connectivity index (χ2v) is 6.21. The van der Waals surface area contributed by atoms with E-state index >= 15 is 0 Å². The first-order valence-corrected chi connectivity index (χ1v) is 7.24. The first kappa shape index (κ1) is 15.6. The smallest absolute Gasteiger partial charge is 0.410 e. The highest BCUT2D eigenvalue weighted by atomic mass is 16.6. The van der Waals surface area contributed by atoms with Crippen LogP contribution in [0.5, 0.6) is 5.75 Å². The van der Waals surface area contributed by atoms with Gasteiger partial charge in [0.15, 0.2) is 0 Å². The first-order chi connectivity index (χ1) is 9.89. The maximum Gasteiger partial charge on any atom is 0.410 e. The molecule has 2 rings (SSSR count). The molecule has 1 saturated heterocycles. The second kappa shape index (κ2) is 6.35. The Bertz CT molecular complexity index is 497. The number of nitrogens with one attached hydrogen (secondary N) is 1. The number of carbonyl (C=O) groups excluding carboxylic acids is 1. The summed E-state index contributed by atoms with van der Waals surface area (Å²) in [6, 6.07) is 8.01. The van der Waals surface area contributed by atoms with Crippen LogP contribution in [0.15, 0.2) is 24.3 Å². The van der Waals surface area contributed by atoms with E-state index in [0.29, 0.717) is 13.1 Å². The first-order valence-electron chi connectivity index (χ1n) is 7.24. The summed E-state index contributed by atoms with van der Waals surface area (Å²) in [4.78, 5) is 13.9. The molecule has 1 atom stereocenters. The predicted octanol–water partition coefficient (Wildman–Crippen LogP) is 2.58. The SMILES string of the molecule is COc1cccc([C@@H]2CN(C(=O)OC(C)(C)C)CCN2)c1. The van der Waals surface area contributed by atoms with Gasteiger partial charge in [-0.15, -0.1) is 0 Å². The minimum Gasteiger partial charge on any atom is -0.497 e. The maximum absolute atomic E-state index is 12.2. The Hall–Kier alpha value is -1.75. The predicted molar refractivity (Wildman–Crippen MR) is 81.5 cm³/mol. The Morgan fingerprint density at radius 2 is 2.14 bits per heavy atom. The van der Waals surface area contributed by atoms with E-state index in [-0.39, 0.29) is 12.1 Å². The molecule has 1 amide bonds. The number of methoxy groups -OCH3 is 1. The van der Waals surface area contributed by atoms with Gasteiger partial charge in [0, 0.05) is 19.6 Å². The molecule has 1 N–H and O–H groups in total. The molecule has 1 fully saturated rings. The molecule has 0 spiro atoms.